The van der Waals surface area contributed by atoms with Gasteiger partial charge < -0.3 is 5.32 Å². The number of amides is 1. The molecular formula is C29H28ClN3O3S. The van der Waals surface area contributed by atoms with Crippen molar-refractivity contribution in [3.05, 3.63) is 105 Å². The second-order valence-electron chi connectivity index (χ2n) is 9.14. The summed E-state index contributed by atoms with van der Waals surface area (Å²) in [5.41, 5.74) is 2.31. The van der Waals surface area contributed by atoms with Gasteiger partial charge in [0.05, 0.1) is 16.7 Å². The summed E-state index contributed by atoms with van der Waals surface area (Å²) in [6.07, 6.45) is 0.641. The van der Waals surface area contributed by atoms with E-state index < -0.39 is 0 Å². The molecule has 0 saturated carbocycles. The molecule has 6 nitrogen and oxygen atoms in total. The van der Waals surface area contributed by atoms with Crippen LogP contribution in [-0.2, 0) is 13.0 Å². The molecule has 1 heterocycles. The molecule has 0 aliphatic heterocycles. The number of thioether (sulfide) groups is 1. The van der Waals surface area contributed by atoms with E-state index in [2.05, 4.69) is 5.32 Å². The third kappa shape index (κ3) is 6.87. The largest absolute Gasteiger partial charge is 0.352 e. The second kappa shape index (κ2) is 12.2. The van der Waals surface area contributed by atoms with Crippen molar-refractivity contribution < 1.29 is 9.59 Å². The maximum absolute atomic E-state index is 13.5. The van der Waals surface area contributed by atoms with Crippen molar-refractivity contribution in [2.45, 2.75) is 32.0 Å². The average Bonchev–Trinajstić information content (AvgIpc) is 2.90. The molecule has 4 aromatic rings. The standard InChI is InChI=1S/C29H28ClN3O3S/c1-19(2)17-31-27(35)22-10-13-24-25(16-22)32-29(37-18-26(34)21-8-11-23(30)12-9-21)33(28(24)36)15-14-20-6-4-3-5-7-20/h3-13,16,19H,14-15,17-18H2,1-2H3,(H,31,35). The second-order valence-corrected chi connectivity index (χ2v) is 10.5. The van der Waals surface area contributed by atoms with Gasteiger partial charge in [0.1, 0.15) is 0 Å². The van der Waals surface area contributed by atoms with Gasteiger partial charge in [0.25, 0.3) is 11.5 Å². The van der Waals surface area contributed by atoms with Gasteiger partial charge in [-0.3, -0.25) is 19.0 Å². The minimum atomic E-state index is -0.210. The number of hydrogen-bond acceptors (Lipinski definition) is 5. The van der Waals surface area contributed by atoms with E-state index in [1.807, 2.05) is 44.2 Å². The summed E-state index contributed by atoms with van der Waals surface area (Å²) < 4.78 is 1.62. The Morgan fingerprint density at radius 1 is 1.00 bits per heavy atom. The molecule has 8 heteroatoms. The normalized spacial score (nSPS) is 11.1. The lowest BCUT2D eigenvalue weighted by Gasteiger charge is -2.14. The van der Waals surface area contributed by atoms with E-state index in [0.717, 1.165) is 5.56 Å². The maximum atomic E-state index is 13.5. The number of hydrogen-bond donors (Lipinski definition) is 1. The molecule has 0 radical (unpaired) electrons. The number of ketones is 1. The Balaban J connectivity index is 1.66. The van der Waals surface area contributed by atoms with Gasteiger partial charge in [-0.1, -0.05) is 67.5 Å². The molecule has 4 rings (SSSR count). The zero-order valence-corrected chi connectivity index (χ0v) is 22.3. The fourth-order valence-corrected chi connectivity index (χ4v) is 4.83. The van der Waals surface area contributed by atoms with Crippen LogP contribution in [0.4, 0.5) is 0 Å². The summed E-state index contributed by atoms with van der Waals surface area (Å²) in [4.78, 5) is 43.7. The van der Waals surface area contributed by atoms with Gasteiger partial charge in [-0.05, 0) is 60.4 Å². The summed E-state index contributed by atoms with van der Waals surface area (Å²) in [7, 11) is 0. The van der Waals surface area contributed by atoms with Gasteiger partial charge in [-0.2, -0.15) is 0 Å². The van der Waals surface area contributed by atoms with Gasteiger partial charge in [-0.15, -0.1) is 0 Å². The highest BCUT2D eigenvalue weighted by Crippen LogP contribution is 2.21. The van der Waals surface area contributed by atoms with Crippen molar-refractivity contribution in [2.24, 2.45) is 5.92 Å². The average molecular weight is 534 g/mol. The lowest BCUT2D eigenvalue weighted by atomic mass is 10.1. The van der Waals surface area contributed by atoms with Crippen LogP contribution in [-0.4, -0.2) is 33.5 Å². The van der Waals surface area contributed by atoms with E-state index in [-0.39, 0.29) is 23.0 Å². The predicted octanol–water partition coefficient (Wildman–Crippen LogP) is 5.65. The van der Waals surface area contributed by atoms with Gasteiger partial charge in [0.15, 0.2) is 10.9 Å². The number of benzene rings is 3. The number of aromatic nitrogens is 2. The molecule has 0 aliphatic rings. The summed E-state index contributed by atoms with van der Waals surface area (Å²) in [6, 6.07) is 21.6. The Bertz CT molecular complexity index is 1470. The zero-order chi connectivity index (χ0) is 26.4. The highest BCUT2D eigenvalue weighted by Gasteiger charge is 2.16. The summed E-state index contributed by atoms with van der Waals surface area (Å²) in [5, 5.41) is 4.33. The van der Waals surface area contributed by atoms with Crippen LogP contribution in [0, 0.1) is 5.92 Å². The number of carbonyl (C=O) groups is 2. The molecule has 0 aliphatic carbocycles. The topological polar surface area (TPSA) is 81.1 Å². The number of nitrogens with zero attached hydrogens (tertiary/aromatic N) is 2. The molecule has 0 atom stereocenters. The van der Waals surface area contributed by atoms with Crippen LogP contribution in [0.15, 0.2) is 82.7 Å². The first-order valence-corrected chi connectivity index (χ1v) is 13.5. The molecule has 1 aromatic heterocycles. The summed E-state index contributed by atoms with van der Waals surface area (Å²) in [5.74, 6) is 0.130. The predicted molar refractivity (Wildman–Crippen MR) is 150 cm³/mol. The van der Waals surface area contributed by atoms with Crippen LogP contribution in [0.25, 0.3) is 10.9 Å². The Morgan fingerprint density at radius 2 is 1.70 bits per heavy atom. The fraction of sp³-hybridized carbons (Fsp3) is 0.241. The van der Waals surface area contributed by atoms with E-state index in [0.29, 0.717) is 57.6 Å². The SMILES string of the molecule is CC(C)CNC(=O)c1ccc2c(=O)n(CCc3ccccc3)c(SCC(=O)c3ccc(Cl)cc3)nc2c1. The van der Waals surface area contributed by atoms with Crippen LogP contribution in [0.3, 0.4) is 0 Å². The van der Waals surface area contributed by atoms with E-state index in [4.69, 9.17) is 16.6 Å². The van der Waals surface area contributed by atoms with Gasteiger partial charge in [0.2, 0.25) is 0 Å². The fourth-order valence-electron chi connectivity index (χ4n) is 3.78. The van der Waals surface area contributed by atoms with Crippen molar-refractivity contribution in [3.8, 4) is 0 Å². The van der Waals surface area contributed by atoms with Gasteiger partial charge in [0, 0.05) is 29.2 Å². The maximum Gasteiger partial charge on any atom is 0.262 e. The smallest absolute Gasteiger partial charge is 0.262 e. The van der Waals surface area contributed by atoms with Crippen LogP contribution in [0.5, 0.6) is 0 Å². The molecular weight excluding hydrogens is 506 g/mol. The minimum absolute atomic E-state index is 0.0903. The highest BCUT2D eigenvalue weighted by atomic mass is 35.5. The molecule has 0 bridgehead atoms. The van der Waals surface area contributed by atoms with Crippen LogP contribution in [0.2, 0.25) is 5.02 Å². The minimum Gasteiger partial charge on any atom is -0.352 e. The van der Waals surface area contributed by atoms with Crippen LogP contribution in [0.1, 0.15) is 40.1 Å². The first kappa shape index (κ1) is 26.6. The monoisotopic (exact) mass is 533 g/mol. The third-order valence-corrected chi connectivity index (χ3v) is 7.05. The Hall–Kier alpha value is -3.42. The molecule has 0 fully saturated rings. The van der Waals surface area contributed by atoms with Crippen molar-refractivity contribution in [1.82, 2.24) is 14.9 Å². The first-order chi connectivity index (χ1) is 17.8. The molecule has 3 aromatic carbocycles. The van der Waals surface area contributed by atoms with Crippen molar-refractivity contribution in [2.75, 3.05) is 12.3 Å². The summed E-state index contributed by atoms with van der Waals surface area (Å²) in [6.45, 7) is 5.02. The molecule has 37 heavy (non-hydrogen) atoms. The Morgan fingerprint density at radius 3 is 2.41 bits per heavy atom. The molecule has 1 N–H and O–H groups in total. The van der Waals surface area contributed by atoms with E-state index in [9.17, 15) is 14.4 Å². The molecule has 0 spiro atoms. The molecule has 190 valence electrons. The number of rotatable bonds is 10. The van der Waals surface area contributed by atoms with Crippen LogP contribution < -0.4 is 10.9 Å². The lowest BCUT2D eigenvalue weighted by Crippen LogP contribution is -2.28. The van der Waals surface area contributed by atoms with E-state index in [1.54, 1.807) is 47.0 Å². The van der Waals surface area contributed by atoms with Crippen molar-refractivity contribution >= 4 is 46.0 Å². The number of Topliss-reactive ketones (excluding diaryl/α,β-unsaturated/α-hetero) is 1. The van der Waals surface area contributed by atoms with E-state index >= 15 is 0 Å². The van der Waals surface area contributed by atoms with E-state index in [1.165, 1.54) is 11.8 Å². The zero-order valence-electron chi connectivity index (χ0n) is 20.7. The van der Waals surface area contributed by atoms with Crippen LogP contribution >= 0.6 is 23.4 Å². The third-order valence-electron chi connectivity index (χ3n) is 5.82. The lowest BCUT2D eigenvalue weighted by molar-refractivity contribution is 0.0948. The molecule has 0 saturated heterocycles. The Kier molecular flexibility index (Phi) is 8.79. The van der Waals surface area contributed by atoms with Crippen molar-refractivity contribution in [1.29, 1.82) is 0 Å². The number of aryl methyl sites for hydroxylation is 1. The molecule has 1 amide bonds. The van der Waals surface area contributed by atoms with Gasteiger partial charge >= 0.3 is 0 Å². The first-order valence-electron chi connectivity index (χ1n) is 12.1. The van der Waals surface area contributed by atoms with Crippen molar-refractivity contribution in [3.63, 3.8) is 0 Å². The number of nitrogens with one attached hydrogen (secondary N) is 1. The number of halogens is 1. The molecule has 0 unspecified atom stereocenters. The highest BCUT2D eigenvalue weighted by molar-refractivity contribution is 7.99. The summed E-state index contributed by atoms with van der Waals surface area (Å²) >= 11 is 7.16. The Labute approximate surface area is 225 Å². The number of carbonyl (C=O) groups excluding carboxylic acids is 2. The van der Waals surface area contributed by atoms with Gasteiger partial charge in [-0.25, -0.2) is 4.98 Å². The quantitative estimate of drug-likeness (QED) is 0.162. The number of fused-ring (bicyclic) bond motifs is 1.